The molecule has 2 heterocycles. The predicted octanol–water partition coefficient (Wildman–Crippen LogP) is 0.0660. The lowest BCUT2D eigenvalue weighted by molar-refractivity contribution is -0.162. The lowest BCUT2D eigenvalue weighted by Crippen LogP contribution is -2.60. The molecule has 2 aliphatic rings. The van der Waals surface area contributed by atoms with Crippen molar-refractivity contribution in [2.24, 2.45) is 0 Å². The van der Waals surface area contributed by atoms with Crippen LogP contribution in [0.4, 0.5) is 0 Å². The van der Waals surface area contributed by atoms with Crippen LogP contribution < -0.4 is 5.32 Å². The van der Waals surface area contributed by atoms with Crippen LogP contribution in [0.2, 0.25) is 0 Å². The van der Waals surface area contributed by atoms with Gasteiger partial charge in [-0.15, -0.1) is 0 Å². The van der Waals surface area contributed by atoms with E-state index < -0.39 is 23.7 Å². The monoisotopic (exact) mass is 355 g/mol. The van der Waals surface area contributed by atoms with Crippen LogP contribution in [0.25, 0.3) is 0 Å². The quantitative estimate of drug-likeness (QED) is 0.724. The molecular weight excluding hydrogens is 326 g/mol. The molecule has 0 aromatic carbocycles. The average Bonchev–Trinajstić information content (AvgIpc) is 2.95. The number of rotatable bonds is 5. The normalized spacial score (nSPS) is 27.8. The number of amides is 2. The smallest absolute Gasteiger partial charge is 0.323 e. The van der Waals surface area contributed by atoms with Gasteiger partial charge in [0.2, 0.25) is 11.8 Å². The summed E-state index contributed by atoms with van der Waals surface area (Å²) < 4.78 is 5.60. The Kier molecular flexibility index (Phi) is 6.05. The van der Waals surface area contributed by atoms with Crippen molar-refractivity contribution in [2.45, 2.75) is 64.3 Å². The number of aliphatic carboxylic acids is 1. The first-order chi connectivity index (χ1) is 11.6. The molecule has 0 aromatic rings. The van der Waals surface area contributed by atoms with Gasteiger partial charge < -0.3 is 20.1 Å². The van der Waals surface area contributed by atoms with Crippen molar-refractivity contribution in [1.29, 1.82) is 0 Å². The molecule has 2 N–H and O–H groups in total. The lowest BCUT2D eigenvalue weighted by atomic mass is 10.0. The Balaban J connectivity index is 1.95. The first-order valence-electron chi connectivity index (χ1n) is 8.79. The Bertz CT molecular complexity index is 536. The van der Waals surface area contributed by atoms with E-state index in [4.69, 9.17) is 4.74 Å². The molecule has 0 radical (unpaired) electrons. The Morgan fingerprint density at radius 2 is 2.00 bits per heavy atom. The number of ether oxygens (including phenoxy) is 1. The summed E-state index contributed by atoms with van der Waals surface area (Å²) in [6.07, 6.45) is 1.49. The summed E-state index contributed by atoms with van der Waals surface area (Å²) in [6, 6.07) is -1.36. The van der Waals surface area contributed by atoms with Crippen LogP contribution in [0.5, 0.6) is 0 Å². The minimum atomic E-state index is -0.924. The first kappa shape index (κ1) is 19.7. The van der Waals surface area contributed by atoms with Gasteiger partial charge >= 0.3 is 5.97 Å². The Hall–Kier alpha value is -1.67. The van der Waals surface area contributed by atoms with Crippen molar-refractivity contribution in [3.63, 3.8) is 0 Å². The van der Waals surface area contributed by atoms with Crippen molar-refractivity contribution in [3.05, 3.63) is 0 Å². The van der Waals surface area contributed by atoms with Crippen molar-refractivity contribution >= 4 is 17.8 Å². The van der Waals surface area contributed by atoms with Gasteiger partial charge in [-0.05, 0) is 33.6 Å². The SMILES string of the molecule is CC(=O)N1CCC[C@H]1C(=O)NC(C)CN1CC(C)(C)OC[C@H]1C(=O)O. The van der Waals surface area contributed by atoms with Crippen LogP contribution in [0, 0.1) is 0 Å². The van der Waals surface area contributed by atoms with Crippen LogP contribution in [0.3, 0.4) is 0 Å². The number of hydrogen-bond donors (Lipinski definition) is 2. The maximum Gasteiger partial charge on any atom is 0.323 e. The van der Waals surface area contributed by atoms with E-state index in [0.717, 1.165) is 6.42 Å². The number of morpholine rings is 1. The summed E-state index contributed by atoms with van der Waals surface area (Å²) in [7, 11) is 0. The fourth-order valence-electron chi connectivity index (χ4n) is 3.63. The molecule has 0 aliphatic carbocycles. The minimum absolute atomic E-state index is 0.0915. The van der Waals surface area contributed by atoms with E-state index in [1.165, 1.54) is 6.92 Å². The third-order valence-electron chi connectivity index (χ3n) is 4.80. The first-order valence-corrected chi connectivity index (χ1v) is 8.79. The molecule has 8 nitrogen and oxygen atoms in total. The molecule has 1 unspecified atom stereocenters. The highest BCUT2D eigenvalue weighted by molar-refractivity contribution is 5.87. The molecule has 2 saturated heterocycles. The van der Waals surface area contributed by atoms with Crippen molar-refractivity contribution in [2.75, 3.05) is 26.2 Å². The molecule has 25 heavy (non-hydrogen) atoms. The molecule has 0 aromatic heterocycles. The third-order valence-corrected chi connectivity index (χ3v) is 4.80. The summed E-state index contributed by atoms with van der Waals surface area (Å²) in [5.74, 6) is -1.18. The fourth-order valence-corrected chi connectivity index (χ4v) is 3.63. The zero-order valence-corrected chi connectivity index (χ0v) is 15.4. The fraction of sp³-hybridized carbons (Fsp3) is 0.824. The van der Waals surface area contributed by atoms with Crippen molar-refractivity contribution in [1.82, 2.24) is 15.1 Å². The largest absolute Gasteiger partial charge is 0.480 e. The van der Waals surface area contributed by atoms with Gasteiger partial charge in [-0.1, -0.05) is 0 Å². The maximum atomic E-state index is 12.5. The highest BCUT2D eigenvalue weighted by atomic mass is 16.5. The third kappa shape index (κ3) is 4.92. The van der Waals surface area contributed by atoms with E-state index in [1.807, 2.05) is 25.7 Å². The van der Waals surface area contributed by atoms with Crippen LogP contribution in [-0.4, -0.2) is 82.7 Å². The maximum absolute atomic E-state index is 12.5. The number of nitrogens with one attached hydrogen (secondary N) is 1. The summed E-state index contributed by atoms with van der Waals surface area (Å²) >= 11 is 0. The van der Waals surface area contributed by atoms with E-state index in [-0.39, 0.29) is 24.5 Å². The minimum Gasteiger partial charge on any atom is -0.480 e. The van der Waals surface area contributed by atoms with Gasteiger partial charge in [0.1, 0.15) is 12.1 Å². The molecule has 0 spiro atoms. The van der Waals surface area contributed by atoms with E-state index in [2.05, 4.69) is 5.32 Å². The van der Waals surface area contributed by atoms with Gasteiger partial charge in [0.25, 0.3) is 0 Å². The van der Waals surface area contributed by atoms with Gasteiger partial charge in [0.15, 0.2) is 0 Å². The summed E-state index contributed by atoms with van der Waals surface area (Å²) in [5.41, 5.74) is -0.424. The Labute approximate surface area is 148 Å². The van der Waals surface area contributed by atoms with Gasteiger partial charge in [0.05, 0.1) is 12.2 Å². The molecule has 142 valence electrons. The van der Waals surface area contributed by atoms with Crippen LogP contribution in [0.15, 0.2) is 0 Å². The summed E-state index contributed by atoms with van der Waals surface area (Å²) in [4.78, 5) is 39.0. The molecule has 3 atom stereocenters. The molecular formula is C17H29N3O5. The van der Waals surface area contributed by atoms with Gasteiger partial charge in [-0.3, -0.25) is 19.3 Å². The second kappa shape index (κ2) is 7.70. The number of carboxylic acid groups (broad SMARTS) is 1. The molecule has 8 heteroatoms. The zero-order valence-electron chi connectivity index (χ0n) is 15.4. The standard InChI is InChI=1S/C17H29N3O5/c1-11(18-15(22)13-6-5-7-20(13)12(2)21)8-19-10-17(3,4)25-9-14(19)16(23)24/h11,13-14H,5-10H2,1-4H3,(H,18,22)(H,23,24)/t11?,13-,14-/m0/s1. The van der Waals surface area contributed by atoms with E-state index in [0.29, 0.717) is 26.1 Å². The molecule has 2 fully saturated rings. The average molecular weight is 355 g/mol. The van der Waals surface area contributed by atoms with Gasteiger partial charge in [-0.2, -0.15) is 0 Å². The number of hydrogen-bond acceptors (Lipinski definition) is 5. The van der Waals surface area contributed by atoms with Crippen molar-refractivity contribution in [3.8, 4) is 0 Å². The van der Waals surface area contributed by atoms with Crippen LogP contribution >= 0.6 is 0 Å². The summed E-state index contributed by atoms with van der Waals surface area (Å²) in [5, 5.41) is 12.3. The van der Waals surface area contributed by atoms with Gasteiger partial charge in [0, 0.05) is 32.6 Å². The topological polar surface area (TPSA) is 99.2 Å². The second-order valence-corrected chi connectivity index (χ2v) is 7.63. The number of nitrogens with zero attached hydrogens (tertiary/aromatic N) is 2. The highest BCUT2D eigenvalue weighted by Crippen LogP contribution is 2.21. The predicted molar refractivity (Wildman–Crippen MR) is 91.0 cm³/mol. The number of carboxylic acids is 1. The summed E-state index contributed by atoms with van der Waals surface area (Å²) in [6.45, 7) is 8.81. The van der Waals surface area contributed by atoms with Gasteiger partial charge in [-0.25, -0.2) is 0 Å². The van der Waals surface area contributed by atoms with Crippen LogP contribution in [-0.2, 0) is 19.1 Å². The van der Waals surface area contributed by atoms with E-state index in [9.17, 15) is 19.5 Å². The van der Waals surface area contributed by atoms with Crippen molar-refractivity contribution < 1.29 is 24.2 Å². The Morgan fingerprint density at radius 1 is 1.32 bits per heavy atom. The molecule has 2 amide bonds. The molecule has 0 saturated carbocycles. The molecule has 0 bridgehead atoms. The molecule has 2 rings (SSSR count). The second-order valence-electron chi connectivity index (χ2n) is 7.63. The lowest BCUT2D eigenvalue weighted by Gasteiger charge is -2.43. The zero-order chi connectivity index (χ0) is 18.8. The van der Waals surface area contributed by atoms with E-state index in [1.54, 1.807) is 4.90 Å². The molecule has 2 aliphatic heterocycles. The van der Waals surface area contributed by atoms with E-state index >= 15 is 0 Å². The highest BCUT2D eigenvalue weighted by Gasteiger charge is 2.39. The van der Waals surface area contributed by atoms with Crippen LogP contribution in [0.1, 0.15) is 40.5 Å². The number of likely N-dealkylation sites (tertiary alicyclic amines) is 1. The number of carbonyl (C=O) groups excluding carboxylic acids is 2. The Morgan fingerprint density at radius 3 is 2.60 bits per heavy atom. The number of carbonyl (C=O) groups is 3.